The maximum Gasteiger partial charge on any atom is 0.317 e. The summed E-state index contributed by atoms with van der Waals surface area (Å²) < 4.78 is 32.5. The van der Waals surface area contributed by atoms with Crippen molar-refractivity contribution in [2.24, 2.45) is 0 Å². The third kappa shape index (κ3) is 6.11. The van der Waals surface area contributed by atoms with Crippen molar-refractivity contribution in [1.29, 1.82) is 0 Å². The van der Waals surface area contributed by atoms with Crippen molar-refractivity contribution in [3.63, 3.8) is 0 Å². The van der Waals surface area contributed by atoms with Gasteiger partial charge in [-0.15, -0.1) is 0 Å². The van der Waals surface area contributed by atoms with Gasteiger partial charge in [-0.05, 0) is 24.1 Å². The molecule has 13 nitrogen and oxygen atoms in total. The Kier molecular flexibility index (Phi) is 8.65. The van der Waals surface area contributed by atoms with E-state index in [2.05, 4.69) is 0 Å². The number of esters is 1. The largest absolute Gasteiger partial charge is 0.504 e. The Morgan fingerprint density at radius 2 is 1.79 bits per heavy atom. The highest BCUT2D eigenvalue weighted by atomic mass is 16.7. The topological polar surface area (TPSA) is 191 Å². The minimum absolute atomic E-state index is 0.0266. The van der Waals surface area contributed by atoms with Crippen LogP contribution in [0.3, 0.4) is 0 Å². The average Bonchev–Trinajstić information content (AvgIpc) is 2.91. The number of ether oxygens (including phenoxy) is 6. The highest BCUT2D eigenvalue weighted by Gasteiger charge is 2.45. The van der Waals surface area contributed by atoms with E-state index in [9.17, 15) is 30.0 Å². The summed E-state index contributed by atoms with van der Waals surface area (Å²) >= 11 is 0. The van der Waals surface area contributed by atoms with Crippen LogP contribution >= 0.6 is 0 Å². The molecule has 0 spiro atoms. The molecular weight excluding hydrogens is 520 g/mol. The second kappa shape index (κ2) is 11.9. The van der Waals surface area contributed by atoms with Crippen LogP contribution in [0.2, 0.25) is 0 Å². The van der Waals surface area contributed by atoms with E-state index in [0.29, 0.717) is 23.5 Å². The van der Waals surface area contributed by atoms with Gasteiger partial charge in [0.2, 0.25) is 12.0 Å². The quantitative estimate of drug-likeness (QED) is 0.212. The summed E-state index contributed by atoms with van der Waals surface area (Å²) in [5, 5.41) is 50.2. The molecule has 6 unspecified atom stereocenters. The maximum absolute atomic E-state index is 11.5. The lowest BCUT2D eigenvalue weighted by Gasteiger charge is -2.40. The molecule has 1 saturated heterocycles. The first-order chi connectivity index (χ1) is 18.6. The number of methoxy groups -OCH3 is 2. The molecule has 1 fully saturated rings. The number of carbonyl (C=O) groups excluding carboxylic acids is 1. The number of aliphatic hydroxyl groups excluding tert-OH is 3. The molecular formula is C26H30O13. The van der Waals surface area contributed by atoms with E-state index in [1.807, 2.05) is 0 Å². The van der Waals surface area contributed by atoms with Gasteiger partial charge in [0.05, 0.1) is 20.8 Å². The number of fused-ring (bicyclic) bond motifs is 1. The maximum atomic E-state index is 11.5. The summed E-state index contributed by atoms with van der Waals surface area (Å²) in [7, 11) is 2.92. The molecule has 39 heavy (non-hydrogen) atoms. The van der Waals surface area contributed by atoms with E-state index < -0.39 is 55.7 Å². The number of aliphatic carboxylic acids is 1. The lowest BCUT2D eigenvalue weighted by Crippen LogP contribution is -2.60. The summed E-state index contributed by atoms with van der Waals surface area (Å²) in [6.07, 6.45) is -8.00. The molecule has 212 valence electrons. The van der Waals surface area contributed by atoms with Crippen LogP contribution in [0.4, 0.5) is 0 Å². The molecule has 0 aromatic heterocycles. The van der Waals surface area contributed by atoms with Gasteiger partial charge in [0.25, 0.3) is 0 Å². The highest BCUT2D eigenvalue weighted by Crippen LogP contribution is 2.44. The van der Waals surface area contributed by atoms with E-state index in [1.165, 1.54) is 14.2 Å². The number of hydrogen-bond donors (Lipinski definition) is 5. The Morgan fingerprint density at radius 3 is 2.49 bits per heavy atom. The average molecular weight is 551 g/mol. The standard InChI is InChI=1S/C26H30O13/c1-34-16-6-5-15(21(30)25(16)35-2)13-7-12-3-4-14(8-17(12)36-10-13)38-26-24(33)23(32)22(31)18(39-26)11-37-20(29)9-19(27)28/h3-6,8,13,18,22-24,26,30-33H,7,9-11H2,1-2H3,(H,27,28). The van der Waals surface area contributed by atoms with E-state index in [-0.39, 0.29) is 29.8 Å². The smallest absolute Gasteiger partial charge is 0.317 e. The molecule has 2 aromatic carbocycles. The van der Waals surface area contributed by atoms with Gasteiger partial charge in [-0.25, -0.2) is 0 Å². The third-order valence-corrected chi connectivity index (χ3v) is 6.56. The molecule has 2 aliphatic rings. The first-order valence-corrected chi connectivity index (χ1v) is 12.1. The van der Waals surface area contributed by atoms with Crippen LogP contribution < -0.4 is 18.9 Å². The minimum Gasteiger partial charge on any atom is -0.504 e. The Morgan fingerprint density at radius 1 is 1.03 bits per heavy atom. The number of hydrogen-bond acceptors (Lipinski definition) is 12. The Balaban J connectivity index is 1.44. The SMILES string of the molecule is COc1ccc(C2COc3cc(OC4OC(COC(=O)CC(=O)O)C(O)C(O)C4O)ccc3C2)c(O)c1OC. The number of aliphatic hydroxyl groups is 3. The fourth-order valence-electron chi connectivity index (χ4n) is 4.52. The summed E-state index contributed by atoms with van der Waals surface area (Å²) in [5.41, 5.74) is 1.47. The van der Waals surface area contributed by atoms with E-state index in [1.54, 1.807) is 30.3 Å². The number of carbonyl (C=O) groups is 2. The van der Waals surface area contributed by atoms with Crippen LogP contribution in [0.1, 0.15) is 23.5 Å². The molecule has 2 aliphatic heterocycles. The van der Waals surface area contributed by atoms with Gasteiger partial charge < -0.3 is 54.0 Å². The van der Waals surface area contributed by atoms with Crippen LogP contribution in [0.5, 0.6) is 28.7 Å². The van der Waals surface area contributed by atoms with Crippen molar-refractivity contribution in [1.82, 2.24) is 0 Å². The van der Waals surface area contributed by atoms with Crippen LogP contribution in [-0.4, -0.2) is 95.6 Å². The second-order valence-corrected chi connectivity index (χ2v) is 9.11. The number of phenolic OH excluding ortho intramolecular Hbond substituents is 1. The van der Waals surface area contributed by atoms with Crippen LogP contribution in [-0.2, 0) is 25.5 Å². The number of carboxylic acid groups (broad SMARTS) is 1. The van der Waals surface area contributed by atoms with Gasteiger partial charge in [0.1, 0.15) is 48.9 Å². The van der Waals surface area contributed by atoms with Crippen LogP contribution in [0.15, 0.2) is 30.3 Å². The highest BCUT2D eigenvalue weighted by molar-refractivity contribution is 5.90. The molecule has 13 heteroatoms. The lowest BCUT2D eigenvalue weighted by atomic mass is 9.89. The molecule has 5 N–H and O–H groups in total. The normalized spacial score (nSPS) is 26.1. The van der Waals surface area contributed by atoms with Crippen LogP contribution in [0.25, 0.3) is 0 Å². The van der Waals surface area contributed by atoms with Crippen molar-refractivity contribution >= 4 is 11.9 Å². The third-order valence-electron chi connectivity index (χ3n) is 6.56. The lowest BCUT2D eigenvalue weighted by molar-refractivity contribution is -0.278. The van der Waals surface area contributed by atoms with E-state index in [4.69, 9.17) is 33.5 Å². The fraction of sp³-hybridized carbons (Fsp3) is 0.462. The minimum atomic E-state index is -1.68. The van der Waals surface area contributed by atoms with Crippen molar-refractivity contribution in [3.8, 4) is 28.7 Å². The molecule has 0 bridgehead atoms. The fourth-order valence-corrected chi connectivity index (χ4v) is 4.52. The van der Waals surface area contributed by atoms with Gasteiger partial charge >= 0.3 is 11.9 Å². The van der Waals surface area contributed by atoms with Crippen LogP contribution in [0, 0.1) is 0 Å². The molecule has 6 atom stereocenters. The first kappa shape index (κ1) is 28.2. The molecule has 4 rings (SSSR count). The molecule has 2 aromatic rings. The van der Waals surface area contributed by atoms with Gasteiger partial charge in [-0.2, -0.15) is 0 Å². The number of aromatic hydroxyl groups is 1. The zero-order valence-corrected chi connectivity index (χ0v) is 21.2. The van der Waals surface area contributed by atoms with E-state index >= 15 is 0 Å². The van der Waals surface area contributed by atoms with E-state index in [0.717, 1.165) is 5.56 Å². The molecule has 0 amide bonds. The van der Waals surface area contributed by atoms with Crippen molar-refractivity contribution in [2.45, 2.75) is 49.5 Å². The summed E-state index contributed by atoms with van der Waals surface area (Å²) in [5.74, 6) is -1.26. The number of carboxylic acids is 1. The monoisotopic (exact) mass is 550 g/mol. The van der Waals surface area contributed by atoms with Crippen molar-refractivity contribution in [3.05, 3.63) is 41.5 Å². The zero-order chi connectivity index (χ0) is 28.3. The molecule has 0 saturated carbocycles. The van der Waals surface area contributed by atoms with Gasteiger partial charge in [0, 0.05) is 17.5 Å². The van der Waals surface area contributed by atoms with Crippen molar-refractivity contribution in [2.75, 3.05) is 27.4 Å². The summed E-state index contributed by atoms with van der Waals surface area (Å²) in [6.45, 7) is -0.314. The molecule has 0 radical (unpaired) electrons. The van der Waals surface area contributed by atoms with Gasteiger partial charge in [0.15, 0.2) is 11.5 Å². The van der Waals surface area contributed by atoms with Crippen molar-refractivity contribution < 1.29 is 63.5 Å². The second-order valence-electron chi connectivity index (χ2n) is 9.11. The number of benzene rings is 2. The summed E-state index contributed by atoms with van der Waals surface area (Å²) in [4.78, 5) is 22.2. The predicted octanol–water partition coefficient (Wildman–Crippen LogP) is 0.332. The number of rotatable bonds is 9. The van der Waals surface area contributed by atoms with Gasteiger partial charge in [-0.1, -0.05) is 12.1 Å². The molecule has 2 heterocycles. The Labute approximate surface area is 223 Å². The number of phenols is 1. The predicted molar refractivity (Wildman–Crippen MR) is 130 cm³/mol. The first-order valence-electron chi connectivity index (χ1n) is 12.1. The van der Waals surface area contributed by atoms with Gasteiger partial charge in [-0.3, -0.25) is 9.59 Å². The summed E-state index contributed by atoms with van der Waals surface area (Å²) in [6, 6.07) is 8.40. The zero-order valence-electron chi connectivity index (χ0n) is 21.2. The Bertz CT molecular complexity index is 1200. The Hall–Kier alpha value is -3.78. The molecule has 0 aliphatic carbocycles.